The van der Waals surface area contributed by atoms with Crippen LogP contribution in [0.3, 0.4) is 0 Å². The van der Waals surface area contributed by atoms with Crippen LogP contribution in [0, 0.1) is 0 Å². The average molecular weight is 207 g/mol. The lowest BCUT2D eigenvalue weighted by atomic mass is 9.80. The van der Waals surface area contributed by atoms with Crippen molar-refractivity contribution in [2.75, 3.05) is 23.3 Å². The second kappa shape index (κ2) is 3.62. The van der Waals surface area contributed by atoms with Crippen LogP contribution in [0.2, 0.25) is 0 Å². The number of nitrogens with one attached hydrogen (secondary N) is 1. The third-order valence-electron chi connectivity index (χ3n) is 2.99. The molecule has 1 aromatic carbocycles. The highest BCUT2D eigenvalue weighted by molar-refractivity contribution is 5.69. The maximum Gasteiger partial charge on any atom is 0.0819 e. The maximum atomic E-state index is 9.88. The second-order valence-corrected chi connectivity index (χ2v) is 4.28. The van der Waals surface area contributed by atoms with Crippen molar-refractivity contribution in [3.63, 3.8) is 0 Å². The lowest BCUT2D eigenvalue weighted by Gasteiger charge is -2.36. The molecule has 1 aromatic rings. The van der Waals surface area contributed by atoms with E-state index in [1.54, 1.807) is 12.1 Å². The van der Waals surface area contributed by atoms with Gasteiger partial charge in [0, 0.05) is 12.2 Å². The van der Waals surface area contributed by atoms with Gasteiger partial charge in [-0.25, -0.2) is 0 Å². The molecular weight excluding hydrogens is 190 g/mol. The van der Waals surface area contributed by atoms with Gasteiger partial charge >= 0.3 is 0 Å². The van der Waals surface area contributed by atoms with Gasteiger partial charge in [0.2, 0.25) is 0 Å². The van der Waals surface area contributed by atoms with Crippen LogP contribution >= 0.6 is 0 Å². The first kappa shape index (κ1) is 10.1. The Balaban J connectivity index is 1.96. The molecule has 15 heavy (non-hydrogen) atoms. The summed E-state index contributed by atoms with van der Waals surface area (Å²) in [4.78, 5) is 0. The monoisotopic (exact) mass is 207 g/mol. The number of aliphatic hydroxyl groups is 1. The minimum absolute atomic E-state index is 0.518. The van der Waals surface area contributed by atoms with E-state index in [-0.39, 0.29) is 0 Å². The van der Waals surface area contributed by atoms with Crippen molar-refractivity contribution < 1.29 is 5.11 Å². The zero-order chi connectivity index (χ0) is 10.9. The van der Waals surface area contributed by atoms with E-state index in [2.05, 4.69) is 5.32 Å². The standard InChI is InChI=1S/C11H17N3O/c12-9-3-2-8(6-10(9)13)14-7-11(15)4-1-5-11/h2-3,6,14-15H,1,4-5,7,12-13H2. The zero-order valence-electron chi connectivity index (χ0n) is 8.66. The summed E-state index contributed by atoms with van der Waals surface area (Å²) in [6, 6.07) is 5.42. The van der Waals surface area contributed by atoms with Crippen molar-refractivity contribution in [2.24, 2.45) is 0 Å². The van der Waals surface area contributed by atoms with E-state index in [0.29, 0.717) is 17.9 Å². The predicted octanol–water partition coefficient (Wildman–Crippen LogP) is 1.18. The van der Waals surface area contributed by atoms with Crippen molar-refractivity contribution in [1.29, 1.82) is 0 Å². The highest BCUT2D eigenvalue weighted by Crippen LogP contribution is 2.32. The predicted molar refractivity (Wildman–Crippen MR) is 62.6 cm³/mol. The number of hydrogen-bond acceptors (Lipinski definition) is 4. The molecule has 1 aliphatic rings. The molecule has 0 saturated heterocycles. The Morgan fingerprint density at radius 2 is 2.00 bits per heavy atom. The van der Waals surface area contributed by atoms with Gasteiger partial charge in [-0.1, -0.05) is 0 Å². The molecule has 6 N–H and O–H groups in total. The van der Waals surface area contributed by atoms with Gasteiger partial charge in [-0.2, -0.15) is 0 Å². The van der Waals surface area contributed by atoms with Crippen LogP contribution in [-0.2, 0) is 0 Å². The molecule has 4 heteroatoms. The number of nitrogen functional groups attached to an aromatic ring is 2. The van der Waals surface area contributed by atoms with Crippen LogP contribution in [0.1, 0.15) is 19.3 Å². The fourth-order valence-electron chi connectivity index (χ4n) is 1.71. The Labute approximate surface area is 89.3 Å². The van der Waals surface area contributed by atoms with Crippen LogP contribution < -0.4 is 16.8 Å². The maximum absolute atomic E-state index is 9.88. The molecule has 1 saturated carbocycles. The average Bonchev–Trinajstić information content (AvgIpc) is 2.17. The van der Waals surface area contributed by atoms with Crippen molar-refractivity contribution in [1.82, 2.24) is 0 Å². The molecular formula is C11H17N3O. The second-order valence-electron chi connectivity index (χ2n) is 4.28. The normalized spacial score (nSPS) is 18.2. The van der Waals surface area contributed by atoms with E-state index in [1.807, 2.05) is 6.07 Å². The highest BCUT2D eigenvalue weighted by Gasteiger charge is 2.33. The van der Waals surface area contributed by atoms with Crippen molar-refractivity contribution in [3.8, 4) is 0 Å². The molecule has 0 radical (unpaired) electrons. The molecule has 0 heterocycles. The number of nitrogens with two attached hydrogens (primary N) is 2. The zero-order valence-corrected chi connectivity index (χ0v) is 8.66. The van der Waals surface area contributed by atoms with Crippen molar-refractivity contribution in [2.45, 2.75) is 24.9 Å². The van der Waals surface area contributed by atoms with Crippen LogP contribution in [0.25, 0.3) is 0 Å². The van der Waals surface area contributed by atoms with Gasteiger partial charge in [-0.15, -0.1) is 0 Å². The molecule has 1 fully saturated rings. The smallest absolute Gasteiger partial charge is 0.0819 e. The van der Waals surface area contributed by atoms with Crippen molar-refractivity contribution >= 4 is 17.1 Å². The molecule has 1 aliphatic carbocycles. The van der Waals surface area contributed by atoms with Gasteiger partial charge in [0.25, 0.3) is 0 Å². The molecule has 0 bridgehead atoms. The minimum atomic E-state index is -0.518. The summed E-state index contributed by atoms with van der Waals surface area (Å²) in [5, 5.41) is 13.0. The molecule has 0 atom stereocenters. The first-order valence-electron chi connectivity index (χ1n) is 5.20. The van der Waals surface area contributed by atoms with Crippen LogP contribution in [0.15, 0.2) is 18.2 Å². The molecule has 2 rings (SSSR count). The topological polar surface area (TPSA) is 84.3 Å². The quantitative estimate of drug-likeness (QED) is 0.561. The Kier molecular flexibility index (Phi) is 2.44. The molecule has 0 aromatic heterocycles. The molecule has 0 aliphatic heterocycles. The third kappa shape index (κ3) is 2.15. The Morgan fingerprint density at radius 3 is 2.53 bits per heavy atom. The molecule has 0 unspecified atom stereocenters. The van der Waals surface area contributed by atoms with E-state index >= 15 is 0 Å². The SMILES string of the molecule is Nc1ccc(NCC2(O)CCC2)cc1N. The lowest BCUT2D eigenvalue weighted by Crippen LogP contribution is -2.43. The first-order valence-corrected chi connectivity index (χ1v) is 5.20. The van der Waals surface area contributed by atoms with Crippen LogP contribution in [0.5, 0.6) is 0 Å². The Bertz CT molecular complexity index is 361. The molecule has 4 nitrogen and oxygen atoms in total. The van der Waals surface area contributed by atoms with Crippen LogP contribution in [-0.4, -0.2) is 17.3 Å². The van der Waals surface area contributed by atoms with Crippen molar-refractivity contribution in [3.05, 3.63) is 18.2 Å². The Hall–Kier alpha value is -1.42. The van der Waals surface area contributed by atoms with E-state index in [1.165, 1.54) is 0 Å². The van der Waals surface area contributed by atoms with E-state index in [0.717, 1.165) is 24.9 Å². The van der Waals surface area contributed by atoms with Gasteiger partial charge in [0.1, 0.15) is 0 Å². The van der Waals surface area contributed by atoms with Gasteiger partial charge in [0.15, 0.2) is 0 Å². The van der Waals surface area contributed by atoms with Crippen LogP contribution in [0.4, 0.5) is 17.1 Å². The van der Waals surface area contributed by atoms with E-state index < -0.39 is 5.60 Å². The summed E-state index contributed by atoms with van der Waals surface area (Å²) in [7, 11) is 0. The minimum Gasteiger partial charge on any atom is -0.397 e. The van der Waals surface area contributed by atoms with Gasteiger partial charge in [-0.05, 0) is 37.5 Å². The number of anilines is 3. The molecule has 0 spiro atoms. The van der Waals surface area contributed by atoms with E-state index in [4.69, 9.17) is 11.5 Å². The fourth-order valence-corrected chi connectivity index (χ4v) is 1.71. The molecule has 0 amide bonds. The summed E-state index contributed by atoms with van der Waals surface area (Å²) in [6.45, 7) is 0.580. The first-order chi connectivity index (χ1) is 7.09. The van der Waals surface area contributed by atoms with Gasteiger partial charge < -0.3 is 21.9 Å². The number of rotatable bonds is 3. The van der Waals surface area contributed by atoms with E-state index in [9.17, 15) is 5.11 Å². The third-order valence-corrected chi connectivity index (χ3v) is 2.99. The lowest BCUT2D eigenvalue weighted by molar-refractivity contribution is -0.0201. The van der Waals surface area contributed by atoms with Gasteiger partial charge in [-0.3, -0.25) is 0 Å². The summed E-state index contributed by atoms with van der Waals surface area (Å²) in [5.74, 6) is 0. The summed E-state index contributed by atoms with van der Waals surface area (Å²) < 4.78 is 0. The number of hydrogen-bond donors (Lipinski definition) is 4. The molecule has 82 valence electrons. The fraction of sp³-hybridized carbons (Fsp3) is 0.455. The van der Waals surface area contributed by atoms with Gasteiger partial charge in [0.05, 0.1) is 17.0 Å². The number of benzene rings is 1. The highest BCUT2D eigenvalue weighted by atomic mass is 16.3. The largest absolute Gasteiger partial charge is 0.397 e. The summed E-state index contributed by atoms with van der Waals surface area (Å²) >= 11 is 0. The summed E-state index contributed by atoms with van der Waals surface area (Å²) in [6.07, 6.45) is 2.87. The summed E-state index contributed by atoms with van der Waals surface area (Å²) in [5.41, 5.74) is 12.8. The Morgan fingerprint density at radius 1 is 1.27 bits per heavy atom.